The van der Waals surface area contributed by atoms with E-state index in [9.17, 15) is 19.5 Å². The maximum absolute atomic E-state index is 12.0. The first-order chi connectivity index (χ1) is 8.59. The van der Waals surface area contributed by atoms with Gasteiger partial charge in [0.05, 0.1) is 6.54 Å². The summed E-state index contributed by atoms with van der Waals surface area (Å²) in [6.07, 6.45) is 1.11. The third-order valence-corrected chi connectivity index (χ3v) is 3.48. The average molecular weight is 270 g/mol. The van der Waals surface area contributed by atoms with Crippen molar-refractivity contribution in [3.8, 4) is 0 Å². The minimum absolute atomic E-state index is 0.154. The second kappa shape index (κ2) is 5.19. The number of amides is 2. The molecule has 0 aromatic rings. The highest BCUT2D eigenvalue weighted by Crippen LogP contribution is 2.29. The zero-order valence-electron chi connectivity index (χ0n) is 11.9. The van der Waals surface area contributed by atoms with Crippen LogP contribution in [-0.2, 0) is 14.4 Å². The number of likely N-dealkylation sites (tertiary alicyclic amines) is 1. The molecule has 1 saturated heterocycles. The quantitative estimate of drug-likeness (QED) is 0.787. The molecule has 6 nitrogen and oxygen atoms in total. The molecule has 0 spiro atoms. The van der Waals surface area contributed by atoms with E-state index in [4.69, 9.17) is 0 Å². The van der Waals surface area contributed by atoms with Gasteiger partial charge in [0.2, 0.25) is 11.8 Å². The van der Waals surface area contributed by atoms with E-state index in [1.165, 1.54) is 4.90 Å². The summed E-state index contributed by atoms with van der Waals surface area (Å²) in [6.45, 7) is 7.08. The predicted molar refractivity (Wildman–Crippen MR) is 69.5 cm³/mol. The number of carbonyl (C=O) groups is 3. The minimum Gasteiger partial charge on any atom is -0.480 e. The van der Waals surface area contributed by atoms with E-state index in [-0.39, 0.29) is 18.4 Å². The molecular formula is C13H22N2O4. The van der Waals surface area contributed by atoms with Crippen LogP contribution in [0.25, 0.3) is 0 Å². The van der Waals surface area contributed by atoms with Crippen LogP contribution in [0.15, 0.2) is 0 Å². The van der Waals surface area contributed by atoms with Gasteiger partial charge in [-0.05, 0) is 19.8 Å². The van der Waals surface area contributed by atoms with Crippen molar-refractivity contribution in [1.82, 2.24) is 10.2 Å². The number of carboxylic acid groups (broad SMARTS) is 1. The van der Waals surface area contributed by atoms with Crippen LogP contribution >= 0.6 is 0 Å². The Morgan fingerprint density at radius 2 is 1.89 bits per heavy atom. The number of hydrogen-bond donors (Lipinski definition) is 2. The van der Waals surface area contributed by atoms with Crippen molar-refractivity contribution < 1.29 is 19.5 Å². The van der Waals surface area contributed by atoms with Gasteiger partial charge in [0.25, 0.3) is 0 Å². The van der Waals surface area contributed by atoms with Crippen LogP contribution in [-0.4, -0.2) is 46.4 Å². The van der Waals surface area contributed by atoms with Crippen molar-refractivity contribution in [2.75, 3.05) is 13.1 Å². The predicted octanol–water partition coefficient (Wildman–Crippen LogP) is 0.614. The number of hydrogen-bond acceptors (Lipinski definition) is 3. The summed E-state index contributed by atoms with van der Waals surface area (Å²) in [4.78, 5) is 36.3. The van der Waals surface area contributed by atoms with E-state index in [0.717, 1.165) is 0 Å². The van der Waals surface area contributed by atoms with Gasteiger partial charge in [-0.15, -0.1) is 0 Å². The van der Waals surface area contributed by atoms with E-state index in [1.54, 1.807) is 27.7 Å². The molecule has 0 aliphatic carbocycles. The molecule has 0 aromatic heterocycles. The van der Waals surface area contributed by atoms with Gasteiger partial charge < -0.3 is 15.3 Å². The Bertz CT molecular complexity index is 400. The van der Waals surface area contributed by atoms with E-state index >= 15 is 0 Å². The fourth-order valence-corrected chi connectivity index (χ4v) is 2.10. The zero-order valence-corrected chi connectivity index (χ0v) is 11.9. The summed E-state index contributed by atoms with van der Waals surface area (Å²) in [5.41, 5.74) is -1.72. The van der Waals surface area contributed by atoms with E-state index < -0.39 is 16.9 Å². The summed E-state index contributed by atoms with van der Waals surface area (Å²) < 4.78 is 0. The van der Waals surface area contributed by atoms with Crippen LogP contribution in [0.5, 0.6) is 0 Å². The summed E-state index contributed by atoms with van der Waals surface area (Å²) in [5, 5.41) is 11.8. The van der Waals surface area contributed by atoms with Gasteiger partial charge in [-0.3, -0.25) is 9.59 Å². The Kier molecular flexibility index (Phi) is 4.22. The van der Waals surface area contributed by atoms with Crippen molar-refractivity contribution >= 4 is 17.8 Å². The monoisotopic (exact) mass is 270 g/mol. The maximum atomic E-state index is 12.0. The van der Waals surface area contributed by atoms with Gasteiger partial charge in [0.15, 0.2) is 0 Å². The summed E-state index contributed by atoms with van der Waals surface area (Å²) >= 11 is 0. The van der Waals surface area contributed by atoms with Crippen molar-refractivity contribution in [2.24, 2.45) is 5.41 Å². The molecule has 19 heavy (non-hydrogen) atoms. The number of carbonyl (C=O) groups excluding carboxylic acids is 2. The largest absolute Gasteiger partial charge is 0.480 e. The zero-order chi connectivity index (χ0) is 14.8. The van der Waals surface area contributed by atoms with E-state index in [2.05, 4.69) is 5.32 Å². The Morgan fingerprint density at radius 1 is 1.32 bits per heavy atom. The van der Waals surface area contributed by atoms with E-state index in [1.807, 2.05) is 0 Å². The number of aliphatic carboxylic acids is 1. The van der Waals surface area contributed by atoms with E-state index in [0.29, 0.717) is 19.4 Å². The molecule has 0 bridgehead atoms. The second-order valence-corrected chi connectivity index (χ2v) is 6.16. The second-order valence-electron chi connectivity index (χ2n) is 6.16. The fourth-order valence-electron chi connectivity index (χ4n) is 2.10. The molecule has 1 aliphatic rings. The smallest absolute Gasteiger partial charge is 0.329 e. The molecule has 0 radical (unpaired) electrons. The fraction of sp³-hybridized carbons (Fsp3) is 0.769. The molecule has 6 heteroatoms. The number of rotatable bonds is 3. The van der Waals surface area contributed by atoms with Crippen molar-refractivity contribution in [1.29, 1.82) is 0 Å². The highest BCUT2D eigenvalue weighted by molar-refractivity contribution is 5.91. The molecule has 2 N–H and O–H groups in total. The average Bonchev–Trinajstić information content (AvgIpc) is 2.67. The highest BCUT2D eigenvalue weighted by Gasteiger charge is 2.45. The van der Waals surface area contributed by atoms with Crippen molar-refractivity contribution in [3.63, 3.8) is 0 Å². The molecule has 108 valence electrons. The standard InChI is InChI=1S/C13H22N2O4/c1-12(2,3)10(17)14-8-9(16)15-7-5-6-13(15,4)11(18)19/h5-8H2,1-4H3,(H,14,17)(H,18,19). The van der Waals surface area contributed by atoms with Crippen molar-refractivity contribution in [2.45, 2.75) is 46.1 Å². The van der Waals surface area contributed by atoms with Gasteiger partial charge >= 0.3 is 5.97 Å². The molecule has 1 atom stereocenters. The van der Waals surface area contributed by atoms with Crippen molar-refractivity contribution in [3.05, 3.63) is 0 Å². The summed E-state index contributed by atoms with van der Waals surface area (Å²) in [5.74, 6) is -1.57. The SMILES string of the molecule is CC(C)(C)C(=O)NCC(=O)N1CCCC1(C)C(=O)O. The topological polar surface area (TPSA) is 86.7 Å². The number of nitrogens with one attached hydrogen (secondary N) is 1. The lowest BCUT2D eigenvalue weighted by atomic mass is 9.96. The highest BCUT2D eigenvalue weighted by atomic mass is 16.4. The number of nitrogens with zero attached hydrogens (tertiary/aromatic N) is 1. The maximum Gasteiger partial charge on any atom is 0.329 e. The minimum atomic E-state index is -1.15. The molecule has 1 heterocycles. The van der Waals surface area contributed by atoms with Gasteiger partial charge in [0.1, 0.15) is 5.54 Å². The third-order valence-electron chi connectivity index (χ3n) is 3.48. The van der Waals surface area contributed by atoms with Crippen LogP contribution in [0.1, 0.15) is 40.5 Å². The molecule has 0 aromatic carbocycles. The molecule has 0 saturated carbocycles. The molecule has 1 rings (SSSR count). The molecule has 1 unspecified atom stereocenters. The first-order valence-corrected chi connectivity index (χ1v) is 6.41. The molecule has 2 amide bonds. The lowest BCUT2D eigenvalue weighted by Gasteiger charge is -2.31. The molecular weight excluding hydrogens is 248 g/mol. The van der Waals surface area contributed by atoms with Gasteiger partial charge in [-0.25, -0.2) is 4.79 Å². The first kappa shape index (κ1) is 15.5. The summed E-state index contributed by atoms with van der Waals surface area (Å²) in [6, 6.07) is 0. The third kappa shape index (κ3) is 3.24. The summed E-state index contributed by atoms with van der Waals surface area (Å²) in [7, 11) is 0. The van der Waals surface area contributed by atoms with Crippen LogP contribution < -0.4 is 5.32 Å². The van der Waals surface area contributed by atoms with Crippen LogP contribution in [0.4, 0.5) is 0 Å². The van der Waals surface area contributed by atoms with Crippen LogP contribution in [0.2, 0.25) is 0 Å². The lowest BCUT2D eigenvalue weighted by molar-refractivity contribution is -0.155. The molecule has 1 aliphatic heterocycles. The Morgan fingerprint density at radius 3 is 2.37 bits per heavy atom. The normalized spacial score (nSPS) is 23.3. The Hall–Kier alpha value is -1.59. The molecule has 1 fully saturated rings. The van der Waals surface area contributed by atoms with Gasteiger partial charge in [0, 0.05) is 12.0 Å². The van der Waals surface area contributed by atoms with Gasteiger partial charge in [-0.2, -0.15) is 0 Å². The van der Waals surface area contributed by atoms with Gasteiger partial charge in [-0.1, -0.05) is 20.8 Å². The number of carboxylic acids is 1. The first-order valence-electron chi connectivity index (χ1n) is 6.41. The van der Waals surface area contributed by atoms with Crippen LogP contribution in [0.3, 0.4) is 0 Å². The lowest BCUT2D eigenvalue weighted by Crippen LogP contribution is -2.53. The Balaban J connectivity index is 2.64. The Labute approximate surface area is 113 Å². The van der Waals surface area contributed by atoms with Crippen LogP contribution in [0, 0.1) is 5.41 Å².